The molecule has 0 saturated heterocycles. The fraction of sp³-hybridized carbons (Fsp3) is 0.133. The van der Waals surface area contributed by atoms with Gasteiger partial charge in [0.25, 0.3) is 5.91 Å². The lowest BCUT2D eigenvalue weighted by Gasteiger charge is -2.18. The van der Waals surface area contributed by atoms with Crippen LogP contribution in [0.15, 0.2) is 54.6 Å². The van der Waals surface area contributed by atoms with Crippen molar-refractivity contribution < 1.29 is 4.79 Å². The van der Waals surface area contributed by atoms with Crippen LogP contribution in [0.3, 0.4) is 0 Å². The predicted molar refractivity (Wildman–Crippen MR) is 82.8 cm³/mol. The second kappa shape index (κ2) is 6.29. The Bertz CT molecular complexity index is 557. The number of hydrogen-bond acceptors (Lipinski definition) is 3. The van der Waals surface area contributed by atoms with Gasteiger partial charge < -0.3 is 9.62 Å². The first-order valence-electron chi connectivity index (χ1n) is 5.95. The molecule has 0 aliphatic carbocycles. The van der Waals surface area contributed by atoms with Gasteiger partial charge in [0, 0.05) is 19.0 Å². The highest BCUT2D eigenvalue weighted by atomic mass is 32.2. The number of nitrogens with one attached hydrogen (secondary N) is 1. The fourth-order valence-corrected chi connectivity index (χ4v) is 2.11. The summed E-state index contributed by atoms with van der Waals surface area (Å²) in [7, 11) is 1.94. The van der Waals surface area contributed by atoms with E-state index in [4.69, 9.17) is 0 Å². The lowest BCUT2D eigenvalue weighted by atomic mass is 10.1. The molecule has 2 aromatic rings. The predicted octanol–water partition coefficient (Wildman–Crippen LogP) is 3.65. The molecule has 3 nitrogen and oxygen atoms in total. The van der Waals surface area contributed by atoms with Crippen LogP contribution in [-0.4, -0.2) is 19.2 Å². The maximum absolute atomic E-state index is 12.3. The van der Waals surface area contributed by atoms with E-state index < -0.39 is 0 Å². The number of rotatable bonds is 4. The second-order valence-corrected chi connectivity index (χ2v) is 4.93. The first kappa shape index (κ1) is 13.5. The molecular formula is C15H16N2OS. The Morgan fingerprint density at radius 3 is 2.37 bits per heavy atom. The van der Waals surface area contributed by atoms with Gasteiger partial charge in [-0.15, -0.1) is 0 Å². The van der Waals surface area contributed by atoms with Crippen molar-refractivity contribution in [2.24, 2.45) is 0 Å². The number of nitrogens with zero attached hydrogens (tertiary/aromatic N) is 1. The van der Waals surface area contributed by atoms with E-state index >= 15 is 0 Å². The number of para-hydroxylation sites is 2. The molecule has 0 saturated carbocycles. The first-order valence-corrected chi connectivity index (χ1v) is 7.14. The highest BCUT2D eigenvalue weighted by molar-refractivity contribution is 7.99. The van der Waals surface area contributed by atoms with Gasteiger partial charge in [-0.1, -0.05) is 42.3 Å². The zero-order valence-corrected chi connectivity index (χ0v) is 11.8. The Balaban J connectivity index is 2.24. The number of benzene rings is 2. The molecule has 0 spiro atoms. The molecule has 0 heterocycles. The normalized spacial score (nSPS) is 10.0. The zero-order chi connectivity index (χ0) is 13.7. The largest absolute Gasteiger partial charge is 0.322 e. The van der Waals surface area contributed by atoms with Crippen molar-refractivity contribution in [3.05, 3.63) is 60.2 Å². The molecule has 0 unspecified atom stereocenters. The minimum atomic E-state index is -0.0947. The van der Waals surface area contributed by atoms with Gasteiger partial charge in [0.05, 0.1) is 11.3 Å². The van der Waals surface area contributed by atoms with Gasteiger partial charge in [0.2, 0.25) is 0 Å². The van der Waals surface area contributed by atoms with Crippen molar-refractivity contribution in [3.8, 4) is 0 Å². The van der Waals surface area contributed by atoms with E-state index in [1.165, 1.54) is 0 Å². The van der Waals surface area contributed by atoms with Crippen molar-refractivity contribution in [3.63, 3.8) is 0 Å². The molecule has 0 aromatic heterocycles. The Labute approximate surface area is 117 Å². The van der Waals surface area contributed by atoms with Crippen molar-refractivity contribution in [1.82, 2.24) is 0 Å². The third-order valence-corrected chi connectivity index (χ3v) is 3.54. The van der Waals surface area contributed by atoms with Crippen LogP contribution in [0.4, 0.5) is 11.4 Å². The summed E-state index contributed by atoms with van der Waals surface area (Å²) < 4.78 is 1.97. The number of hydrogen-bond donors (Lipinski definition) is 1. The smallest absolute Gasteiger partial charge is 0.257 e. The van der Waals surface area contributed by atoms with E-state index in [1.54, 1.807) is 11.9 Å². The van der Waals surface area contributed by atoms with Crippen LogP contribution in [0.25, 0.3) is 0 Å². The Morgan fingerprint density at radius 2 is 1.68 bits per heavy atom. The van der Waals surface area contributed by atoms with Gasteiger partial charge in [-0.3, -0.25) is 4.79 Å². The van der Waals surface area contributed by atoms with E-state index in [9.17, 15) is 4.79 Å². The van der Waals surface area contributed by atoms with E-state index in [2.05, 4.69) is 5.32 Å². The van der Waals surface area contributed by atoms with Gasteiger partial charge in [-0.05, 0) is 24.3 Å². The number of anilines is 2. The van der Waals surface area contributed by atoms with Crippen LogP contribution in [0.5, 0.6) is 0 Å². The highest BCUT2D eigenvalue weighted by Crippen LogP contribution is 2.24. The molecule has 0 aliphatic heterocycles. The second-order valence-electron chi connectivity index (χ2n) is 4.02. The van der Waals surface area contributed by atoms with Gasteiger partial charge in [-0.25, -0.2) is 0 Å². The van der Waals surface area contributed by atoms with Crippen molar-refractivity contribution in [2.45, 2.75) is 0 Å². The zero-order valence-electron chi connectivity index (χ0n) is 11.0. The molecular weight excluding hydrogens is 256 g/mol. The molecule has 2 aromatic carbocycles. The average molecular weight is 272 g/mol. The molecule has 1 N–H and O–H groups in total. The third kappa shape index (κ3) is 3.29. The molecule has 19 heavy (non-hydrogen) atoms. The summed E-state index contributed by atoms with van der Waals surface area (Å²) in [6.45, 7) is 0. The lowest BCUT2D eigenvalue weighted by molar-refractivity contribution is 0.102. The maximum Gasteiger partial charge on any atom is 0.257 e. The van der Waals surface area contributed by atoms with Crippen LogP contribution in [0.2, 0.25) is 0 Å². The summed E-state index contributed by atoms with van der Waals surface area (Å²) in [5, 5.41) is 2.90. The number of amides is 1. The van der Waals surface area contributed by atoms with Crippen LogP contribution < -0.4 is 9.62 Å². The van der Waals surface area contributed by atoms with Gasteiger partial charge in [0.15, 0.2) is 0 Å². The first-order chi connectivity index (χ1) is 9.22. The van der Waals surface area contributed by atoms with Crippen molar-refractivity contribution in [1.29, 1.82) is 0 Å². The molecule has 98 valence electrons. The Morgan fingerprint density at radius 1 is 1.05 bits per heavy atom. The minimum Gasteiger partial charge on any atom is -0.322 e. The Kier molecular flexibility index (Phi) is 4.47. The molecule has 0 aliphatic rings. The van der Waals surface area contributed by atoms with E-state index in [-0.39, 0.29) is 5.91 Å². The maximum atomic E-state index is 12.3. The topological polar surface area (TPSA) is 32.3 Å². The van der Waals surface area contributed by atoms with E-state index in [1.807, 2.05) is 72.2 Å². The average Bonchev–Trinajstić information content (AvgIpc) is 2.47. The molecule has 0 radical (unpaired) electrons. The van der Waals surface area contributed by atoms with Gasteiger partial charge >= 0.3 is 0 Å². The SMILES string of the molecule is CSN(C)c1ccccc1C(=O)Nc1ccccc1. The number of carbonyl (C=O) groups is 1. The summed E-state index contributed by atoms with van der Waals surface area (Å²) in [6.07, 6.45) is 1.98. The summed E-state index contributed by atoms with van der Waals surface area (Å²) >= 11 is 1.57. The molecule has 0 bridgehead atoms. The fourth-order valence-electron chi connectivity index (χ4n) is 1.76. The molecule has 2 rings (SSSR count). The summed E-state index contributed by atoms with van der Waals surface area (Å²) in [6, 6.07) is 17.0. The van der Waals surface area contributed by atoms with E-state index in [0.29, 0.717) is 5.56 Å². The quantitative estimate of drug-likeness (QED) is 0.862. The van der Waals surface area contributed by atoms with Crippen molar-refractivity contribution >= 4 is 29.2 Å². The van der Waals surface area contributed by atoms with Gasteiger partial charge in [0.1, 0.15) is 0 Å². The van der Waals surface area contributed by atoms with Crippen molar-refractivity contribution in [2.75, 3.05) is 22.9 Å². The van der Waals surface area contributed by atoms with Crippen LogP contribution in [0.1, 0.15) is 10.4 Å². The third-order valence-electron chi connectivity index (χ3n) is 2.79. The highest BCUT2D eigenvalue weighted by Gasteiger charge is 2.13. The molecule has 0 atom stereocenters. The minimum absolute atomic E-state index is 0.0947. The Hall–Kier alpha value is -1.94. The number of carbonyl (C=O) groups excluding carboxylic acids is 1. The monoisotopic (exact) mass is 272 g/mol. The molecule has 0 fully saturated rings. The summed E-state index contributed by atoms with van der Waals surface area (Å²) in [5.41, 5.74) is 2.38. The van der Waals surface area contributed by atoms with Crippen LogP contribution in [0, 0.1) is 0 Å². The molecule has 1 amide bonds. The van der Waals surface area contributed by atoms with Gasteiger partial charge in [-0.2, -0.15) is 0 Å². The van der Waals surface area contributed by atoms with E-state index in [0.717, 1.165) is 11.4 Å². The van der Waals surface area contributed by atoms with Crippen LogP contribution in [-0.2, 0) is 0 Å². The van der Waals surface area contributed by atoms with Crippen LogP contribution >= 0.6 is 11.9 Å². The standard InChI is InChI=1S/C15H16N2OS/c1-17(19-2)14-11-7-6-10-13(14)15(18)16-12-8-4-3-5-9-12/h3-11H,1-2H3,(H,16,18). The summed E-state index contributed by atoms with van der Waals surface area (Å²) in [4.78, 5) is 12.3. The summed E-state index contributed by atoms with van der Waals surface area (Å²) in [5.74, 6) is -0.0947. The molecule has 4 heteroatoms. The lowest BCUT2D eigenvalue weighted by Crippen LogP contribution is -2.16.